The Morgan fingerprint density at radius 2 is 2.12 bits per heavy atom. The molecular weight excluding hydrogens is 330 g/mol. The Hall–Kier alpha value is -1.79. The lowest BCUT2D eigenvalue weighted by atomic mass is 10.2. The van der Waals surface area contributed by atoms with Gasteiger partial charge in [0.15, 0.2) is 5.96 Å². The molecule has 1 unspecified atom stereocenters. The zero-order valence-corrected chi connectivity index (χ0v) is 16.4. The third kappa shape index (κ3) is 7.62. The molecule has 0 saturated carbocycles. The summed E-state index contributed by atoms with van der Waals surface area (Å²) in [4.78, 5) is 6.71. The SMILES string of the molecule is CCNC(=NCCOCC1CCCO1)N(C)CCOc1ccc(C)cc1. The molecule has 2 rings (SSSR count). The van der Waals surface area contributed by atoms with Crippen molar-refractivity contribution in [1.82, 2.24) is 10.2 Å². The van der Waals surface area contributed by atoms with Gasteiger partial charge in [-0.1, -0.05) is 17.7 Å². The van der Waals surface area contributed by atoms with Crippen molar-refractivity contribution in [2.45, 2.75) is 32.8 Å². The van der Waals surface area contributed by atoms with Crippen LogP contribution in [0.5, 0.6) is 5.75 Å². The van der Waals surface area contributed by atoms with Crippen LogP contribution in [0.4, 0.5) is 0 Å². The highest BCUT2D eigenvalue weighted by Crippen LogP contribution is 2.12. The highest BCUT2D eigenvalue weighted by Gasteiger charge is 2.15. The lowest BCUT2D eigenvalue weighted by Gasteiger charge is -2.22. The summed E-state index contributed by atoms with van der Waals surface area (Å²) in [6, 6.07) is 8.11. The molecule has 26 heavy (non-hydrogen) atoms. The van der Waals surface area contributed by atoms with Crippen LogP contribution >= 0.6 is 0 Å². The molecule has 1 aliphatic rings. The number of benzene rings is 1. The van der Waals surface area contributed by atoms with E-state index in [4.69, 9.17) is 14.2 Å². The van der Waals surface area contributed by atoms with Crippen molar-refractivity contribution >= 4 is 5.96 Å². The maximum Gasteiger partial charge on any atom is 0.193 e. The highest BCUT2D eigenvalue weighted by atomic mass is 16.5. The van der Waals surface area contributed by atoms with Gasteiger partial charge in [0, 0.05) is 20.2 Å². The second-order valence-electron chi connectivity index (χ2n) is 6.53. The summed E-state index contributed by atoms with van der Waals surface area (Å²) in [5.74, 6) is 1.77. The number of likely N-dealkylation sites (N-methyl/N-ethyl adjacent to an activating group) is 1. The summed E-state index contributed by atoms with van der Waals surface area (Å²) in [7, 11) is 2.02. The van der Waals surface area contributed by atoms with E-state index in [1.54, 1.807) is 0 Å². The van der Waals surface area contributed by atoms with Gasteiger partial charge in [-0.25, -0.2) is 0 Å². The molecule has 146 valence electrons. The average molecular weight is 364 g/mol. The molecule has 1 saturated heterocycles. The van der Waals surface area contributed by atoms with Gasteiger partial charge in [0.25, 0.3) is 0 Å². The maximum absolute atomic E-state index is 5.80. The van der Waals surface area contributed by atoms with Crippen molar-refractivity contribution in [1.29, 1.82) is 0 Å². The number of hydrogen-bond acceptors (Lipinski definition) is 4. The fourth-order valence-corrected chi connectivity index (χ4v) is 2.72. The largest absolute Gasteiger partial charge is 0.492 e. The number of aryl methyl sites for hydroxylation is 1. The average Bonchev–Trinajstić information content (AvgIpc) is 3.15. The Balaban J connectivity index is 1.67. The van der Waals surface area contributed by atoms with Crippen LogP contribution in [0.25, 0.3) is 0 Å². The van der Waals surface area contributed by atoms with Crippen LogP contribution in [0.2, 0.25) is 0 Å². The van der Waals surface area contributed by atoms with Crippen molar-refractivity contribution in [3.63, 3.8) is 0 Å². The molecule has 0 spiro atoms. The maximum atomic E-state index is 5.80. The van der Waals surface area contributed by atoms with E-state index in [-0.39, 0.29) is 6.10 Å². The summed E-state index contributed by atoms with van der Waals surface area (Å²) in [5, 5.41) is 3.31. The van der Waals surface area contributed by atoms with E-state index in [1.165, 1.54) is 5.56 Å². The molecule has 0 aromatic heterocycles. The molecule has 0 bridgehead atoms. The standard InChI is InChI=1S/C20H33N3O3/c1-4-21-20(22-11-14-24-16-19-6-5-13-25-19)23(3)12-15-26-18-9-7-17(2)8-10-18/h7-10,19H,4-6,11-16H2,1-3H3,(H,21,22). The van der Waals surface area contributed by atoms with Gasteiger partial charge in [-0.2, -0.15) is 0 Å². The Morgan fingerprint density at radius 3 is 2.81 bits per heavy atom. The molecule has 0 radical (unpaired) electrons. The van der Waals surface area contributed by atoms with Gasteiger partial charge in [-0.15, -0.1) is 0 Å². The topological polar surface area (TPSA) is 55.3 Å². The van der Waals surface area contributed by atoms with Crippen molar-refractivity contribution in [3.8, 4) is 5.75 Å². The molecule has 1 aromatic rings. The number of guanidine groups is 1. The van der Waals surface area contributed by atoms with Gasteiger partial charge in [0.05, 0.1) is 32.4 Å². The van der Waals surface area contributed by atoms with Crippen LogP contribution < -0.4 is 10.1 Å². The van der Waals surface area contributed by atoms with E-state index in [2.05, 4.69) is 41.2 Å². The predicted octanol–water partition coefficient (Wildman–Crippen LogP) is 2.47. The Bertz CT molecular complexity index is 528. The van der Waals surface area contributed by atoms with Crippen molar-refractivity contribution in [2.75, 3.05) is 53.1 Å². The molecule has 1 aliphatic heterocycles. The summed E-state index contributed by atoms with van der Waals surface area (Å²) in [6.45, 7) is 9.13. The molecule has 6 nitrogen and oxygen atoms in total. The van der Waals surface area contributed by atoms with Crippen LogP contribution in [-0.2, 0) is 9.47 Å². The number of nitrogens with one attached hydrogen (secondary N) is 1. The fraction of sp³-hybridized carbons (Fsp3) is 0.650. The Morgan fingerprint density at radius 1 is 1.31 bits per heavy atom. The number of aliphatic imine (C=N–C) groups is 1. The van der Waals surface area contributed by atoms with Crippen LogP contribution in [0.1, 0.15) is 25.3 Å². The van der Waals surface area contributed by atoms with Crippen LogP contribution in [0.3, 0.4) is 0 Å². The monoisotopic (exact) mass is 363 g/mol. The minimum Gasteiger partial charge on any atom is -0.492 e. The summed E-state index contributed by atoms with van der Waals surface area (Å²) < 4.78 is 17.0. The van der Waals surface area contributed by atoms with Crippen LogP contribution in [0, 0.1) is 6.92 Å². The number of ether oxygens (including phenoxy) is 3. The smallest absolute Gasteiger partial charge is 0.193 e. The van der Waals surface area contributed by atoms with Gasteiger partial charge in [0.2, 0.25) is 0 Å². The molecule has 1 aromatic carbocycles. The minimum absolute atomic E-state index is 0.272. The van der Waals surface area contributed by atoms with Crippen molar-refractivity contribution in [3.05, 3.63) is 29.8 Å². The van der Waals surface area contributed by atoms with Gasteiger partial charge < -0.3 is 24.4 Å². The molecule has 1 atom stereocenters. The normalized spacial score (nSPS) is 17.3. The third-order valence-corrected chi connectivity index (χ3v) is 4.24. The van der Waals surface area contributed by atoms with Gasteiger partial charge >= 0.3 is 0 Å². The number of hydrogen-bond donors (Lipinski definition) is 1. The van der Waals surface area contributed by atoms with Gasteiger partial charge in [-0.05, 0) is 38.8 Å². The molecule has 1 fully saturated rings. The molecule has 0 aliphatic carbocycles. The molecule has 0 amide bonds. The summed E-state index contributed by atoms with van der Waals surface area (Å²) in [5.41, 5.74) is 1.23. The predicted molar refractivity (Wildman–Crippen MR) is 105 cm³/mol. The lowest BCUT2D eigenvalue weighted by Crippen LogP contribution is -2.41. The first kappa shape index (κ1) is 20.5. The second-order valence-corrected chi connectivity index (χ2v) is 6.53. The van der Waals surface area contributed by atoms with E-state index >= 15 is 0 Å². The molecule has 6 heteroatoms. The summed E-state index contributed by atoms with van der Waals surface area (Å²) >= 11 is 0. The van der Waals surface area contributed by atoms with E-state index in [0.29, 0.717) is 26.4 Å². The first-order chi connectivity index (χ1) is 12.7. The van der Waals surface area contributed by atoms with Crippen molar-refractivity contribution < 1.29 is 14.2 Å². The van der Waals surface area contributed by atoms with E-state index in [0.717, 1.165) is 44.2 Å². The van der Waals surface area contributed by atoms with E-state index in [9.17, 15) is 0 Å². The Labute approximate surface area is 157 Å². The zero-order valence-electron chi connectivity index (χ0n) is 16.4. The van der Waals surface area contributed by atoms with Gasteiger partial charge in [-0.3, -0.25) is 4.99 Å². The van der Waals surface area contributed by atoms with Gasteiger partial charge in [0.1, 0.15) is 12.4 Å². The Kier molecular flexibility index (Phi) is 9.28. The van der Waals surface area contributed by atoms with Crippen LogP contribution in [-0.4, -0.2) is 70.1 Å². The molecule has 1 N–H and O–H groups in total. The number of nitrogens with zero attached hydrogens (tertiary/aromatic N) is 2. The first-order valence-corrected chi connectivity index (χ1v) is 9.57. The first-order valence-electron chi connectivity index (χ1n) is 9.57. The van der Waals surface area contributed by atoms with E-state index in [1.807, 2.05) is 19.2 Å². The summed E-state index contributed by atoms with van der Waals surface area (Å²) in [6.07, 6.45) is 2.52. The zero-order chi connectivity index (χ0) is 18.6. The number of rotatable bonds is 10. The highest BCUT2D eigenvalue weighted by molar-refractivity contribution is 5.79. The van der Waals surface area contributed by atoms with Crippen molar-refractivity contribution in [2.24, 2.45) is 4.99 Å². The fourth-order valence-electron chi connectivity index (χ4n) is 2.72. The lowest BCUT2D eigenvalue weighted by molar-refractivity contribution is 0.0199. The quantitative estimate of drug-likeness (QED) is 0.393. The van der Waals surface area contributed by atoms with Crippen LogP contribution in [0.15, 0.2) is 29.3 Å². The third-order valence-electron chi connectivity index (χ3n) is 4.24. The molecular formula is C20H33N3O3. The molecule has 1 heterocycles. The minimum atomic E-state index is 0.272. The second kappa shape index (κ2) is 11.8. The van der Waals surface area contributed by atoms with E-state index < -0.39 is 0 Å².